The van der Waals surface area contributed by atoms with Crippen LogP contribution >= 0.6 is 0 Å². The molecule has 136 valence electrons. The van der Waals surface area contributed by atoms with E-state index in [0.29, 0.717) is 10.9 Å². The van der Waals surface area contributed by atoms with Crippen LogP contribution < -0.4 is 10.9 Å². The topological polar surface area (TPSA) is 76.1 Å². The minimum Gasteiger partial charge on any atom is -0.378 e. The maximum atomic E-state index is 12.7. The number of carbonyl (C=O) groups excluding carboxylic acids is 1. The Labute approximate surface area is 147 Å². The molecule has 6 nitrogen and oxygen atoms in total. The normalized spacial score (nSPS) is 20.3. The molecule has 2 atom stereocenters. The van der Waals surface area contributed by atoms with E-state index >= 15 is 0 Å². The molecule has 1 unspecified atom stereocenters. The molecule has 2 aromatic heterocycles. The van der Waals surface area contributed by atoms with E-state index in [9.17, 15) is 9.59 Å². The second-order valence-corrected chi connectivity index (χ2v) is 7.01. The number of nitrogens with zero attached hydrogens (tertiary/aromatic N) is 1. The maximum Gasteiger partial charge on any atom is 0.260 e. The fourth-order valence-electron chi connectivity index (χ4n) is 3.61. The van der Waals surface area contributed by atoms with Crippen LogP contribution in [0.15, 0.2) is 17.2 Å². The van der Waals surface area contributed by atoms with Gasteiger partial charge in [-0.1, -0.05) is 13.3 Å². The molecule has 1 saturated carbocycles. The smallest absolute Gasteiger partial charge is 0.260 e. The monoisotopic (exact) mass is 345 g/mol. The Hall–Kier alpha value is -2.08. The Morgan fingerprint density at radius 2 is 2.24 bits per heavy atom. The van der Waals surface area contributed by atoms with Crippen molar-refractivity contribution in [2.45, 2.75) is 58.1 Å². The number of pyridine rings is 1. The standard InChI is InChI=1S/C19H27N3O3/c1-4-5-8-25-14-7-6-13(9-14)21-18(23)15-10-20-17-12(2)11-22(3)19(24)16(15)17/h10-11,13-14,20H,4-9H2,1-3H3,(H,21,23)/t13?,14-/m1/s1. The molecule has 6 heteroatoms. The number of aromatic amines is 1. The van der Waals surface area contributed by atoms with Crippen LogP contribution in [0.4, 0.5) is 0 Å². The number of hydrogen-bond donors (Lipinski definition) is 2. The van der Waals surface area contributed by atoms with Gasteiger partial charge >= 0.3 is 0 Å². The van der Waals surface area contributed by atoms with Crippen LogP contribution in [0.5, 0.6) is 0 Å². The second-order valence-electron chi connectivity index (χ2n) is 7.01. The fraction of sp³-hybridized carbons (Fsp3) is 0.579. The first-order valence-corrected chi connectivity index (χ1v) is 9.11. The zero-order valence-corrected chi connectivity index (χ0v) is 15.2. The number of rotatable bonds is 6. The highest BCUT2D eigenvalue weighted by Crippen LogP contribution is 2.24. The van der Waals surface area contributed by atoms with Crippen LogP contribution in [0.25, 0.3) is 10.9 Å². The molecule has 0 aliphatic heterocycles. The summed E-state index contributed by atoms with van der Waals surface area (Å²) in [5.74, 6) is -0.187. The SMILES string of the molecule is CCCCO[C@@H]1CCC(NC(=O)c2c[nH]c3c(C)cn(C)c(=O)c23)C1. The molecule has 25 heavy (non-hydrogen) atoms. The van der Waals surface area contributed by atoms with E-state index in [1.54, 1.807) is 19.4 Å². The van der Waals surface area contributed by atoms with Crippen LogP contribution in [0.2, 0.25) is 0 Å². The van der Waals surface area contributed by atoms with Crippen LogP contribution in [0, 0.1) is 6.92 Å². The summed E-state index contributed by atoms with van der Waals surface area (Å²) in [7, 11) is 1.71. The molecule has 2 aromatic rings. The average molecular weight is 345 g/mol. The molecule has 0 saturated heterocycles. The minimum absolute atomic E-state index is 0.109. The molecular weight excluding hydrogens is 318 g/mol. The van der Waals surface area contributed by atoms with Gasteiger partial charge in [-0.25, -0.2) is 0 Å². The average Bonchev–Trinajstić information content (AvgIpc) is 3.20. The molecule has 2 N–H and O–H groups in total. The zero-order valence-electron chi connectivity index (χ0n) is 15.2. The summed E-state index contributed by atoms with van der Waals surface area (Å²) in [6.45, 7) is 4.86. The summed E-state index contributed by atoms with van der Waals surface area (Å²) >= 11 is 0. The van der Waals surface area contributed by atoms with E-state index in [4.69, 9.17) is 4.74 Å². The Bertz CT molecular complexity index is 821. The van der Waals surface area contributed by atoms with Gasteiger partial charge in [-0.3, -0.25) is 9.59 Å². The third-order valence-electron chi connectivity index (χ3n) is 5.01. The number of H-pyrrole nitrogens is 1. The number of amides is 1. The van der Waals surface area contributed by atoms with Gasteiger partial charge in [-0.2, -0.15) is 0 Å². The Balaban J connectivity index is 1.71. The van der Waals surface area contributed by atoms with Crippen LogP contribution in [-0.4, -0.2) is 34.2 Å². The van der Waals surface area contributed by atoms with E-state index in [2.05, 4.69) is 17.2 Å². The van der Waals surface area contributed by atoms with Gasteiger partial charge in [0.2, 0.25) is 0 Å². The van der Waals surface area contributed by atoms with Crippen LogP contribution in [0.1, 0.15) is 54.9 Å². The van der Waals surface area contributed by atoms with Crippen molar-refractivity contribution in [2.24, 2.45) is 7.05 Å². The molecule has 1 aliphatic carbocycles. The predicted octanol–water partition coefficient (Wildman–Crippen LogP) is 2.64. The number of fused-ring (bicyclic) bond motifs is 1. The van der Waals surface area contributed by atoms with E-state index < -0.39 is 0 Å². The number of unbranched alkanes of at least 4 members (excludes halogenated alkanes) is 1. The first kappa shape index (κ1) is 17.7. The molecule has 1 fully saturated rings. The maximum absolute atomic E-state index is 12.7. The lowest BCUT2D eigenvalue weighted by Gasteiger charge is -2.14. The van der Waals surface area contributed by atoms with E-state index in [1.807, 2.05) is 6.92 Å². The zero-order chi connectivity index (χ0) is 18.0. The second kappa shape index (κ2) is 7.44. The first-order valence-electron chi connectivity index (χ1n) is 9.11. The highest BCUT2D eigenvalue weighted by molar-refractivity contribution is 6.07. The van der Waals surface area contributed by atoms with E-state index in [0.717, 1.165) is 49.8 Å². The Kier molecular flexibility index (Phi) is 5.27. The molecule has 3 rings (SSSR count). The van der Waals surface area contributed by atoms with Crippen molar-refractivity contribution in [3.63, 3.8) is 0 Å². The van der Waals surface area contributed by atoms with Gasteiger partial charge in [-0.05, 0) is 38.2 Å². The van der Waals surface area contributed by atoms with Crippen molar-refractivity contribution in [1.82, 2.24) is 14.9 Å². The molecule has 1 aliphatic rings. The molecule has 0 bridgehead atoms. The van der Waals surface area contributed by atoms with Gasteiger partial charge < -0.3 is 19.6 Å². The lowest BCUT2D eigenvalue weighted by molar-refractivity contribution is 0.0546. The fourth-order valence-corrected chi connectivity index (χ4v) is 3.61. The number of ether oxygens (including phenoxy) is 1. The Morgan fingerprint density at radius 3 is 3.00 bits per heavy atom. The summed E-state index contributed by atoms with van der Waals surface area (Å²) < 4.78 is 7.38. The quantitative estimate of drug-likeness (QED) is 0.790. The lowest BCUT2D eigenvalue weighted by atomic mass is 10.1. The van der Waals surface area contributed by atoms with Gasteiger partial charge in [0.15, 0.2) is 0 Å². The summed E-state index contributed by atoms with van der Waals surface area (Å²) in [6.07, 6.45) is 8.58. The minimum atomic E-state index is -0.187. The largest absolute Gasteiger partial charge is 0.378 e. The van der Waals surface area contributed by atoms with Crippen molar-refractivity contribution in [2.75, 3.05) is 6.61 Å². The van der Waals surface area contributed by atoms with Crippen molar-refractivity contribution in [1.29, 1.82) is 0 Å². The van der Waals surface area contributed by atoms with Crippen LogP contribution in [0.3, 0.4) is 0 Å². The lowest BCUT2D eigenvalue weighted by Crippen LogP contribution is -2.34. The molecule has 1 amide bonds. The Morgan fingerprint density at radius 1 is 1.44 bits per heavy atom. The third kappa shape index (κ3) is 3.63. The summed E-state index contributed by atoms with van der Waals surface area (Å²) in [4.78, 5) is 28.2. The highest BCUT2D eigenvalue weighted by atomic mass is 16.5. The predicted molar refractivity (Wildman–Crippen MR) is 98.0 cm³/mol. The highest BCUT2D eigenvalue weighted by Gasteiger charge is 2.27. The summed E-state index contributed by atoms with van der Waals surface area (Å²) in [5, 5.41) is 3.54. The number of nitrogens with one attached hydrogen (secondary N) is 2. The molecule has 0 spiro atoms. The first-order chi connectivity index (χ1) is 12.0. The van der Waals surface area contributed by atoms with Crippen LogP contribution in [-0.2, 0) is 11.8 Å². The van der Waals surface area contributed by atoms with Crippen molar-refractivity contribution in [3.05, 3.63) is 33.9 Å². The molecule has 2 heterocycles. The van der Waals surface area contributed by atoms with Gasteiger partial charge in [0.25, 0.3) is 11.5 Å². The summed E-state index contributed by atoms with van der Waals surface area (Å²) in [6, 6.07) is 0.109. The number of aryl methyl sites for hydroxylation is 2. The molecular formula is C19H27N3O3. The third-order valence-corrected chi connectivity index (χ3v) is 5.01. The van der Waals surface area contributed by atoms with Crippen molar-refractivity contribution >= 4 is 16.8 Å². The van der Waals surface area contributed by atoms with Crippen molar-refractivity contribution < 1.29 is 9.53 Å². The number of hydrogen-bond acceptors (Lipinski definition) is 3. The van der Waals surface area contributed by atoms with Gasteiger partial charge in [0, 0.05) is 32.1 Å². The van der Waals surface area contributed by atoms with Gasteiger partial charge in [0.1, 0.15) is 0 Å². The molecule has 0 radical (unpaired) electrons. The van der Waals surface area contributed by atoms with Gasteiger partial charge in [0.05, 0.1) is 22.6 Å². The number of aromatic nitrogens is 2. The summed E-state index contributed by atoms with van der Waals surface area (Å²) in [5.41, 5.74) is 1.95. The van der Waals surface area contributed by atoms with E-state index in [1.165, 1.54) is 4.57 Å². The molecule has 0 aromatic carbocycles. The van der Waals surface area contributed by atoms with E-state index in [-0.39, 0.29) is 23.6 Å². The van der Waals surface area contributed by atoms with Crippen molar-refractivity contribution in [3.8, 4) is 0 Å². The van der Waals surface area contributed by atoms with Gasteiger partial charge in [-0.15, -0.1) is 0 Å². The number of carbonyl (C=O) groups is 1.